The van der Waals surface area contributed by atoms with Crippen LogP contribution >= 0.6 is 11.6 Å². The smallest absolute Gasteiger partial charge is 0.244 e. The summed E-state index contributed by atoms with van der Waals surface area (Å²) in [7, 11) is 0. The van der Waals surface area contributed by atoms with Gasteiger partial charge in [-0.25, -0.2) is 4.39 Å². The molecular formula is C20H18ClFN2O2. The zero-order chi connectivity index (χ0) is 18.5. The van der Waals surface area contributed by atoms with Crippen molar-refractivity contribution in [3.8, 4) is 0 Å². The topological polar surface area (TPSA) is 49.4 Å². The van der Waals surface area contributed by atoms with Gasteiger partial charge in [0, 0.05) is 31.3 Å². The van der Waals surface area contributed by atoms with E-state index < -0.39 is 5.82 Å². The van der Waals surface area contributed by atoms with Crippen LogP contribution in [0.2, 0.25) is 5.02 Å². The number of nitrogens with one attached hydrogen (secondary N) is 1. The first-order chi connectivity index (χ1) is 12.5. The number of anilines is 1. The fraction of sp³-hybridized carbons (Fsp3) is 0.200. The van der Waals surface area contributed by atoms with E-state index in [0.29, 0.717) is 18.5 Å². The van der Waals surface area contributed by atoms with Crippen LogP contribution in [0.1, 0.15) is 24.0 Å². The predicted octanol–water partition coefficient (Wildman–Crippen LogP) is 3.94. The van der Waals surface area contributed by atoms with E-state index in [9.17, 15) is 14.0 Å². The average molecular weight is 373 g/mol. The third kappa shape index (κ3) is 4.49. The van der Waals surface area contributed by atoms with Crippen molar-refractivity contribution >= 4 is 35.2 Å². The third-order valence-electron chi connectivity index (χ3n) is 4.16. The monoisotopic (exact) mass is 372 g/mol. The number of carbonyl (C=O) groups excluding carboxylic acids is 2. The maximum absolute atomic E-state index is 13.1. The van der Waals surface area contributed by atoms with Gasteiger partial charge in [0.2, 0.25) is 11.8 Å². The third-order valence-corrected chi connectivity index (χ3v) is 4.45. The van der Waals surface area contributed by atoms with Gasteiger partial charge in [0.15, 0.2) is 0 Å². The summed E-state index contributed by atoms with van der Waals surface area (Å²) in [5, 5.41) is 2.80. The van der Waals surface area contributed by atoms with E-state index in [1.54, 1.807) is 17.0 Å². The minimum atomic E-state index is -0.493. The Morgan fingerprint density at radius 3 is 2.65 bits per heavy atom. The molecule has 0 unspecified atom stereocenters. The van der Waals surface area contributed by atoms with Crippen LogP contribution in [0.4, 0.5) is 10.1 Å². The quantitative estimate of drug-likeness (QED) is 0.808. The van der Waals surface area contributed by atoms with Gasteiger partial charge in [-0.1, -0.05) is 29.8 Å². The van der Waals surface area contributed by atoms with Crippen LogP contribution in [0, 0.1) is 5.82 Å². The minimum absolute atomic E-state index is 0.0177. The lowest BCUT2D eigenvalue weighted by Gasteiger charge is -2.15. The van der Waals surface area contributed by atoms with Gasteiger partial charge in [-0.15, -0.1) is 0 Å². The summed E-state index contributed by atoms with van der Waals surface area (Å²) in [5.41, 5.74) is 2.47. The van der Waals surface area contributed by atoms with Gasteiger partial charge in [-0.3, -0.25) is 9.59 Å². The summed E-state index contributed by atoms with van der Waals surface area (Å²) in [4.78, 5) is 25.4. The molecule has 1 saturated heterocycles. The van der Waals surface area contributed by atoms with Gasteiger partial charge in [0.1, 0.15) is 5.82 Å². The molecular weight excluding hydrogens is 355 g/mol. The molecule has 2 aromatic carbocycles. The summed E-state index contributed by atoms with van der Waals surface area (Å²) in [6.45, 7) is 1.13. The molecule has 1 aliphatic heterocycles. The van der Waals surface area contributed by atoms with Crippen LogP contribution < -0.4 is 10.2 Å². The van der Waals surface area contributed by atoms with E-state index in [0.717, 1.165) is 24.2 Å². The molecule has 2 amide bonds. The summed E-state index contributed by atoms with van der Waals surface area (Å²) < 4.78 is 13.1. The molecule has 0 saturated carbocycles. The highest BCUT2D eigenvalue weighted by molar-refractivity contribution is 6.30. The van der Waals surface area contributed by atoms with Crippen LogP contribution in [0.15, 0.2) is 48.5 Å². The van der Waals surface area contributed by atoms with E-state index in [1.807, 2.05) is 24.3 Å². The zero-order valence-electron chi connectivity index (χ0n) is 14.0. The van der Waals surface area contributed by atoms with E-state index in [-0.39, 0.29) is 16.8 Å². The minimum Gasteiger partial charge on any atom is -0.348 e. The number of hydrogen-bond donors (Lipinski definition) is 1. The summed E-state index contributed by atoms with van der Waals surface area (Å²) in [6.07, 6.45) is 4.44. The molecule has 6 heteroatoms. The molecule has 4 nitrogen and oxygen atoms in total. The van der Waals surface area contributed by atoms with Gasteiger partial charge < -0.3 is 10.2 Å². The van der Waals surface area contributed by atoms with Gasteiger partial charge in [-0.2, -0.15) is 0 Å². The van der Waals surface area contributed by atoms with Crippen LogP contribution in [-0.4, -0.2) is 18.4 Å². The Bertz CT molecular complexity index is 849. The maximum atomic E-state index is 13.1. The fourth-order valence-electron chi connectivity index (χ4n) is 2.75. The molecule has 0 aromatic heterocycles. The molecule has 26 heavy (non-hydrogen) atoms. The Labute approximate surface area is 156 Å². The SMILES string of the molecule is O=C(/C=C/c1ccc(F)c(Cl)c1)NCc1ccc(N2CCCC2=O)cc1. The highest BCUT2D eigenvalue weighted by Crippen LogP contribution is 2.21. The Kier molecular flexibility index (Phi) is 5.68. The van der Waals surface area contributed by atoms with Crippen molar-refractivity contribution in [3.05, 3.63) is 70.5 Å². The molecule has 1 N–H and O–H groups in total. The lowest BCUT2D eigenvalue weighted by atomic mass is 10.2. The molecule has 0 spiro atoms. The van der Waals surface area contributed by atoms with Gasteiger partial charge in [0.25, 0.3) is 0 Å². The number of rotatable bonds is 5. The number of amides is 2. The van der Waals surface area contributed by atoms with Crippen molar-refractivity contribution < 1.29 is 14.0 Å². The lowest BCUT2D eigenvalue weighted by molar-refractivity contribution is -0.117. The van der Waals surface area contributed by atoms with Crippen LogP contribution in [0.3, 0.4) is 0 Å². The molecule has 0 radical (unpaired) electrons. The molecule has 1 fully saturated rings. The second kappa shape index (κ2) is 8.15. The molecule has 0 atom stereocenters. The van der Waals surface area contributed by atoms with Crippen molar-refractivity contribution in [3.63, 3.8) is 0 Å². The largest absolute Gasteiger partial charge is 0.348 e. The molecule has 3 rings (SSSR count). The normalized spacial score (nSPS) is 14.2. The fourth-order valence-corrected chi connectivity index (χ4v) is 2.94. The lowest BCUT2D eigenvalue weighted by Crippen LogP contribution is -2.23. The first kappa shape index (κ1) is 18.1. The van der Waals surface area contributed by atoms with Crippen molar-refractivity contribution in [2.75, 3.05) is 11.4 Å². The van der Waals surface area contributed by atoms with Gasteiger partial charge >= 0.3 is 0 Å². The Morgan fingerprint density at radius 1 is 1.23 bits per heavy atom. The van der Waals surface area contributed by atoms with Crippen LogP contribution in [0.25, 0.3) is 6.08 Å². The van der Waals surface area contributed by atoms with Crippen LogP contribution in [-0.2, 0) is 16.1 Å². The number of hydrogen-bond acceptors (Lipinski definition) is 2. The standard InChI is InChI=1S/C20H18ClFN2O2/c21-17-12-14(5-9-18(17)22)6-10-19(25)23-13-15-3-7-16(8-4-15)24-11-1-2-20(24)26/h3-10,12H,1-2,11,13H2,(H,23,25)/b10-6+. The molecule has 0 aliphatic carbocycles. The molecule has 1 aliphatic rings. The first-order valence-electron chi connectivity index (χ1n) is 8.33. The molecule has 134 valence electrons. The number of nitrogens with zero attached hydrogens (tertiary/aromatic N) is 1. The zero-order valence-corrected chi connectivity index (χ0v) is 14.8. The number of carbonyl (C=O) groups is 2. The summed E-state index contributed by atoms with van der Waals surface area (Å²) in [6, 6.07) is 11.8. The highest BCUT2D eigenvalue weighted by Gasteiger charge is 2.21. The van der Waals surface area contributed by atoms with Crippen molar-refractivity contribution in [1.82, 2.24) is 5.32 Å². The number of halogens is 2. The number of benzene rings is 2. The maximum Gasteiger partial charge on any atom is 0.244 e. The average Bonchev–Trinajstić information content (AvgIpc) is 3.07. The predicted molar refractivity (Wildman–Crippen MR) is 100 cm³/mol. The van der Waals surface area contributed by atoms with Gasteiger partial charge in [-0.05, 0) is 47.9 Å². The molecule has 1 heterocycles. The summed E-state index contributed by atoms with van der Waals surface area (Å²) in [5.74, 6) is -0.603. The Morgan fingerprint density at radius 2 is 2.00 bits per heavy atom. The van der Waals surface area contributed by atoms with Crippen molar-refractivity contribution in [2.45, 2.75) is 19.4 Å². The van der Waals surface area contributed by atoms with E-state index >= 15 is 0 Å². The second-order valence-electron chi connectivity index (χ2n) is 6.04. The summed E-state index contributed by atoms with van der Waals surface area (Å²) >= 11 is 5.71. The molecule has 2 aromatic rings. The molecule has 0 bridgehead atoms. The Hall–Kier alpha value is -2.66. The highest BCUT2D eigenvalue weighted by atomic mass is 35.5. The van der Waals surface area contributed by atoms with Gasteiger partial charge in [0.05, 0.1) is 5.02 Å². The van der Waals surface area contributed by atoms with Crippen molar-refractivity contribution in [1.29, 1.82) is 0 Å². The van der Waals surface area contributed by atoms with E-state index in [1.165, 1.54) is 18.2 Å². The van der Waals surface area contributed by atoms with Crippen LogP contribution in [0.5, 0.6) is 0 Å². The van der Waals surface area contributed by atoms with Crippen molar-refractivity contribution in [2.24, 2.45) is 0 Å². The first-order valence-corrected chi connectivity index (χ1v) is 8.71. The van der Waals surface area contributed by atoms with E-state index in [2.05, 4.69) is 5.32 Å². The Balaban J connectivity index is 1.53. The van der Waals surface area contributed by atoms with E-state index in [4.69, 9.17) is 11.6 Å². The second-order valence-corrected chi connectivity index (χ2v) is 6.45.